The summed E-state index contributed by atoms with van der Waals surface area (Å²) in [7, 11) is 1.70. The first kappa shape index (κ1) is 20.7. The molecule has 1 fully saturated rings. The van der Waals surface area contributed by atoms with E-state index in [9.17, 15) is 20.0 Å². The van der Waals surface area contributed by atoms with Crippen LogP contribution in [-0.2, 0) is 16.0 Å². The molecule has 2 N–H and O–H groups in total. The third kappa shape index (κ3) is 5.96. The Morgan fingerprint density at radius 1 is 1.38 bits per heavy atom. The lowest BCUT2D eigenvalue weighted by Gasteiger charge is -2.29. The van der Waals surface area contributed by atoms with E-state index in [0.29, 0.717) is 12.3 Å². The second-order valence-corrected chi connectivity index (χ2v) is 8.09. The number of nitro benzene ring substituents is 1. The third-order valence-corrected chi connectivity index (χ3v) is 6.41. The zero-order valence-electron chi connectivity index (χ0n) is 15.0. The van der Waals surface area contributed by atoms with E-state index >= 15 is 0 Å². The number of carboxylic acids is 1. The summed E-state index contributed by atoms with van der Waals surface area (Å²) >= 11 is 1.79. The molecule has 1 aliphatic rings. The molecule has 1 aliphatic carbocycles. The fraction of sp³-hybridized carbons (Fsp3) is 0.611. The van der Waals surface area contributed by atoms with Crippen LogP contribution >= 0.6 is 11.8 Å². The molecule has 1 aromatic rings. The Morgan fingerprint density at radius 3 is 2.58 bits per heavy atom. The van der Waals surface area contributed by atoms with Crippen molar-refractivity contribution in [1.29, 1.82) is 0 Å². The van der Waals surface area contributed by atoms with Gasteiger partial charge in [-0.05, 0) is 31.2 Å². The van der Waals surface area contributed by atoms with Gasteiger partial charge in [0.15, 0.2) is 0 Å². The normalized spacial score (nSPS) is 17.1. The summed E-state index contributed by atoms with van der Waals surface area (Å²) in [5.74, 6) is -0.352. The van der Waals surface area contributed by atoms with Crippen LogP contribution in [0.3, 0.4) is 0 Å². The van der Waals surface area contributed by atoms with Gasteiger partial charge in [0.1, 0.15) is 6.04 Å². The van der Waals surface area contributed by atoms with Crippen LogP contribution in [0, 0.1) is 10.1 Å². The van der Waals surface area contributed by atoms with Gasteiger partial charge in [-0.2, -0.15) is 0 Å². The molecule has 0 heterocycles. The van der Waals surface area contributed by atoms with Crippen LogP contribution in [0.5, 0.6) is 0 Å². The maximum Gasteiger partial charge on any atom is 0.321 e. The summed E-state index contributed by atoms with van der Waals surface area (Å²) < 4.78 is 5.40. The molecule has 1 saturated carbocycles. The minimum absolute atomic E-state index is 0.00505. The molecular formula is C18H26N2O5S. The van der Waals surface area contributed by atoms with Crippen LogP contribution in [0.25, 0.3) is 0 Å². The van der Waals surface area contributed by atoms with Crippen LogP contribution in [-0.4, -0.2) is 46.4 Å². The van der Waals surface area contributed by atoms with Crippen molar-refractivity contribution in [1.82, 2.24) is 5.32 Å². The van der Waals surface area contributed by atoms with Crippen molar-refractivity contribution in [2.75, 3.05) is 19.6 Å². The van der Waals surface area contributed by atoms with Crippen molar-refractivity contribution < 1.29 is 19.6 Å². The second-order valence-electron chi connectivity index (χ2n) is 6.64. The monoisotopic (exact) mass is 382 g/mol. The highest BCUT2D eigenvalue weighted by atomic mass is 32.2. The van der Waals surface area contributed by atoms with E-state index < -0.39 is 16.9 Å². The summed E-state index contributed by atoms with van der Waals surface area (Å²) in [5, 5.41) is 23.3. The fourth-order valence-corrected chi connectivity index (χ4v) is 4.70. The molecule has 0 saturated heterocycles. The molecule has 1 aromatic carbocycles. The van der Waals surface area contributed by atoms with E-state index in [-0.39, 0.29) is 10.4 Å². The number of benzene rings is 1. The molecule has 0 amide bonds. The molecule has 0 bridgehead atoms. The number of carbonyl (C=O) groups is 1. The van der Waals surface area contributed by atoms with Gasteiger partial charge in [0.25, 0.3) is 5.69 Å². The first-order valence-electron chi connectivity index (χ1n) is 8.78. The molecule has 8 heteroatoms. The van der Waals surface area contributed by atoms with Crippen molar-refractivity contribution in [2.24, 2.45) is 0 Å². The van der Waals surface area contributed by atoms with Crippen molar-refractivity contribution in [3.05, 3.63) is 39.9 Å². The summed E-state index contributed by atoms with van der Waals surface area (Å²) in [5.41, 5.74) is 0.765. The molecule has 0 spiro atoms. The van der Waals surface area contributed by atoms with Crippen molar-refractivity contribution >= 4 is 23.4 Å². The summed E-state index contributed by atoms with van der Waals surface area (Å²) in [6.45, 7) is 0.720. The number of carboxylic acid groups (broad SMARTS) is 1. The Bertz CT molecular complexity index is 602. The number of rotatable bonds is 11. The maximum atomic E-state index is 11.6. The van der Waals surface area contributed by atoms with Gasteiger partial charge in [-0.3, -0.25) is 20.2 Å². The predicted molar refractivity (Wildman–Crippen MR) is 102 cm³/mol. The van der Waals surface area contributed by atoms with Gasteiger partial charge in [-0.25, -0.2) is 0 Å². The standard InChI is InChI=1S/C18H26N2O5S/c1-25-11-10-18(8-2-3-9-18)26-13-19-16(17(21)22)12-14-4-6-15(7-5-14)20(23)24/h4-7,16,19H,2-3,8-13H2,1H3,(H,21,22)/t16-/m0/s1. The number of nitro groups is 1. The number of aliphatic carboxylic acids is 1. The largest absolute Gasteiger partial charge is 0.480 e. The zero-order chi connectivity index (χ0) is 19.0. The van der Waals surface area contributed by atoms with E-state index in [0.717, 1.165) is 31.4 Å². The quantitative estimate of drug-likeness (QED) is 0.344. The van der Waals surface area contributed by atoms with Crippen LogP contribution in [0.15, 0.2) is 24.3 Å². The molecule has 0 aliphatic heterocycles. The molecule has 2 rings (SSSR count). The van der Waals surface area contributed by atoms with Gasteiger partial charge in [0, 0.05) is 36.5 Å². The van der Waals surface area contributed by atoms with Crippen molar-refractivity contribution in [2.45, 2.75) is 49.3 Å². The van der Waals surface area contributed by atoms with Gasteiger partial charge in [0.2, 0.25) is 0 Å². The lowest BCUT2D eigenvalue weighted by Crippen LogP contribution is -2.39. The highest BCUT2D eigenvalue weighted by Crippen LogP contribution is 2.43. The molecule has 0 unspecified atom stereocenters. The lowest BCUT2D eigenvalue weighted by atomic mass is 10.0. The highest BCUT2D eigenvalue weighted by Gasteiger charge is 2.34. The minimum atomic E-state index is -0.915. The van der Waals surface area contributed by atoms with E-state index in [2.05, 4.69) is 5.32 Å². The smallest absolute Gasteiger partial charge is 0.321 e. The van der Waals surface area contributed by atoms with Crippen LogP contribution in [0.2, 0.25) is 0 Å². The van der Waals surface area contributed by atoms with Gasteiger partial charge in [0.05, 0.1) is 4.92 Å². The fourth-order valence-electron chi connectivity index (χ4n) is 3.31. The number of thioether (sulfide) groups is 1. The Balaban J connectivity index is 1.89. The van der Waals surface area contributed by atoms with E-state index in [4.69, 9.17) is 4.74 Å². The first-order chi connectivity index (χ1) is 12.5. The van der Waals surface area contributed by atoms with E-state index in [1.54, 1.807) is 31.0 Å². The van der Waals surface area contributed by atoms with Gasteiger partial charge in [-0.15, -0.1) is 11.8 Å². The number of hydrogen-bond donors (Lipinski definition) is 2. The number of methoxy groups -OCH3 is 1. The Hall–Kier alpha value is -1.64. The highest BCUT2D eigenvalue weighted by molar-refractivity contribution is 8.00. The third-order valence-electron chi connectivity index (χ3n) is 4.87. The molecule has 0 radical (unpaired) electrons. The topological polar surface area (TPSA) is 102 Å². The lowest BCUT2D eigenvalue weighted by molar-refractivity contribution is -0.384. The Labute approximate surface area is 157 Å². The number of non-ortho nitro benzene ring substituents is 1. The maximum absolute atomic E-state index is 11.6. The number of nitrogens with one attached hydrogen (secondary N) is 1. The average Bonchev–Trinajstić information content (AvgIpc) is 3.08. The molecule has 144 valence electrons. The van der Waals surface area contributed by atoms with Crippen LogP contribution in [0.1, 0.15) is 37.7 Å². The Morgan fingerprint density at radius 2 is 2.04 bits per heavy atom. The van der Waals surface area contributed by atoms with Crippen molar-refractivity contribution in [3.63, 3.8) is 0 Å². The molecule has 26 heavy (non-hydrogen) atoms. The Kier molecular flexibility index (Phi) is 7.86. The second kappa shape index (κ2) is 9.89. The van der Waals surface area contributed by atoms with Gasteiger partial charge in [-0.1, -0.05) is 25.0 Å². The molecule has 7 nitrogen and oxygen atoms in total. The number of nitrogens with zero attached hydrogens (tertiary/aromatic N) is 1. The van der Waals surface area contributed by atoms with Gasteiger partial charge < -0.3 is 9.84 Å². The molecule has 1 atom stereocenters. The summed E-state index contributed by atoms with van der Waals surface area (Å²) in [6.07, 6.45) is 5.98. The zero-order valence-corrected chi connectivity index (χ0v) is 15.8. The van der Waals surface area contributed by atoms with Gasteiger partial charge >= 0.3 is 5.97 Å². The number of ether oxygens (including phenoxy) is 1. The predicted octanol–water partition coefficient (Wildman–Crippen LogP) is 3.22. The van der Waals surface area contributed by atoms with E-state index in [1.807, 2.05) is 0 Å². The number of hydrogen-bond acceptors (Lipinski definition) is 6. The van der Waals surface area contributed by atoms with E-state index in [1.165, 1.54) is 25.0 Å². The molecular weight excluding hydrogens is 356 g/mol. The first-order valence-corrected chi connectivity index (χ1v) is 9.77. The van der Waals surface area contributed by atoms with Crippen molar-refractivity contribution in [3.8, 4) is 0 Å². The van der Waals surface area contributed by atoms with Crippen LogP contribution in [0.4, 0.5) is 5.69 Å². The minimum Gasteiger partial charge on any atom is -0.480 e. The van der Waals surface area contributed by atoms with Crippen LogP contribution < -0.4 is 5.32 Å². The average molecular weight is 382 g/mol. The summed E-state index contributed by atoms with van der Waals surface area (Å²) in [6, 6.07) is 5.31. The molecule has 0 aromatic heterocycles. The summed E-state index contributed by atoms with van der Waals surface area (Å²) in [4.78, 5) is 21.8. The SMILES string of the molecule is COCCC1(SCN[C@@H](Cc2ccc([N+](=O)[O-])cc2)C(=O)O)CCCC1.